The van der Waals surface area contributed by atoms with Crippen molar-refractivity contribution in [3.63, 3.8) is 0 Å². The summed E-state index contributed by atoms with van der Waals surface area (Å²) >= 11 is 4.46. The Bertz CT molecular complexity index is 548. The van der Waals surface area contributed by atoms with Crippen molar-refractivity contribution in [2.45, 2.75) is 6.42 Å². The molecular weight excluding hydrogens is 324 g/mol. The van der Waals surface area contributed by atoms with Crippen LogP contribution in [-0.4, -0.2) is 5.91 Å². The van der Waals surface area contributed by atoms with Crippen molar-refractivity contribution >= 4 is 38.9 Å². The summed E-state index contributed by atoms with van der Waals surface area (Å²) in [6.45, 7) is 0. The molecule has 1 aromatic carbocycles. The van der Waals surface area contributed by atoms with Gasteiger partial charge in [0.2, 0.25) is 5.91 Å². The van der Waals surface area contributed by atoms with Gasteiger partial charge in [0.05, 0.1) is 12.1 Å². The molecule has 0 saturated carbocycles. The smallest absolute Gasteiger partial charge is 0.229 e. The zero-order chi connectivity index (χ0) is 13.1. The molecule has 0 fully saturated rings. The van der Waals surface area contributed by atoms with Crippen molar-refractivity contribution in [1.29, 1.82) is 0 Å². The highest BCUT2D eigenvalue weighted by molar-refractivity contribution is 9.10. The highest BCUT2D eigenvalue weighted by atomic mass is 79.9. The van der Waals surface area contributed by atoms with Gasteiger partial charge < -0.3 is 5.32 Å². The molecule has 0 aliphatic heterocycles. The molecule has 1 amide bonds. The summed E-state index contributed by atoms with van der Waals surface area (Å²) in [5.41, 5.74) is -0.0436. The molecule has 0 unspecified atom stereocenters. The van der Waals surface area contributed by atoms with Crippen LogP contribution in [0.1, 0.15) is 4.88 Å². The van der Waals surface area contributed by atoms with E-state index < -0.39 is 11.6 Å². The van der Waals surface area contributed by atoms with Gasteiger partial charge in [-0.3, -0.25) is 4.79 Å². The first-order valence-corrected chi connectivity index (χ1v) is 6.70. The molecule has 6 heteroatoms. The minimum Gasteiger partial charge on any atom is -0.322 e. The molecular formula is C12H8BrF2NOS. The van der Waals surface area contributed by atoms with Crippen molar-refractivity contribution in [2.24, 2.45) is 0 Å². The molecule has 0 radical (unpaired) electrons. The molecule has 94 valence electrons. The van der Waals surface area contributed by atoms with Gasteiger partial charge in [0.1, 0.15) is 5.82 Å². The number of hydrogen-bond donors (Lipinski definition) is 1. The summed E-state index contributed by atoms with van der Waals surface area (Å²) in [6, 6.07) is 5.48. The fraction of sp³-hybridized carbons (Fsp3) is 0.0833. The monoisotopic (exact) mass is 331 g/mol. The maximum absolute atomic E-state index is 13.5. The molecule has 0 atom stereocenters. The Balaban J connectivity index is 2.12. The number of carbonyl (C=O) groups excluding carboxylic acids is 1. The van der Waals surface area contributed by atoms with Crippen LogP contribution in [0.5, 0.6) is 0 Å². The Kier molecular flexibility index (Phi) is 4.08. The van der Waals surface area contributed by atoms with Gasteiger partial charge in [-0.05, 0) is 33.4 Å². The molecule has 0 aliphatic rings. The molecule has 2 rings (SSSR count). The third kappa shape index (κ3) is 3.14. The van der Waals surface area contributed by atoms with Crippen LogP contribution in [0.25, 0.3) is 0 Å². The van der Waals surface area contributed by atoms with Crippen molar-refractivity contribution in [3.05, 3.63) is 50.6 Å². The second kappa shape index (κ2) is 5.58. The quantitative estimate of drug-likeness (QED) is 0.905. The second-order valence-electron chi connectivity index (χ2n) is 3.55. The van der Waals surface area contributed by atoms with E-state index in [0.29, 0.717) is 0 Å². The van der Waals surface area contributed by atoms with Crippen molar-refractivity contribution in [3.8, 4) is 0 Å². The molecule has 0 spiro atoms. The summed E-state index contributed by atoms with van der Waals surface area (Å²) in [4.78, 5) is 12.6. The zero-order valence-corrected chi connectivity index (χ0v) is 11.4. The summed E-state index contributed by atoms with van der Waals surface area (Å²) < 4.78 is 26.5. The highest BCUT2D eigenvalue weighted by Crippen LogP contribution is 2.27. The van der Waals surface area contributed by atoms with E-state index in [1.165, 1.54) is 11.3 Å². The van der Waals surface area contributed by atoms with Gasteiger partial charge >= 0.3 is 0 Å². The topological polar surface area (TPSA) is 29.1 Å². The normalized spacial score (nSPS) is 10.4. The number of nitrogens with one attached hydrogen (secondary N) is 1. The summed E-state index contributed by atoms with van der Waals surface area (Å²) in [5, 5.41) is 4.28. The number of thiophene rings is 1. The average molecular weight is 332 g/mol. The Labute approximate surface area is 115 Å². The summed E-state index contributed by atoms with van der Waals surface area (Å²) in [5.74, 6) is -1.85. The van der Waals surface area contributed by atoms with Gasteiger partial charge in [-0.1, -0.05) is 6.07 Å². The van der Waals surface area contributed by atoms with Gasteiger partial charge in [-0.2, -0.15) is 0 Å². The lowest BCUT2D eigenvalue weighted by Gasteiger charge is -2.08. The van der Waals surface area contributed by atoms with Crippen LogP contribution >= 0.6 is 27.3 Å². The maximum Gasteiger partial charge on any atom is 0.229 e. The third-order valence-corrected chi connectivity index (χ3v) is 3.69. The standard InChI is InChI=1S/C12H8BrF2NOS/c13-9-4-7(14)5-10(15)12(9)16-11(17)6-8-2-1-3-18-8/h1-5H,6H2,(H,16,17). The summed E-state index contributed by atoms with van der Waals surface area (Å²) in [6.07, 6.45) is 0.168. The van der Waals surface area contributed by atoms with E-state index in [-0.39, 0.29) is 22.5 Å². The van der Waals surface area contributed by atoms with E-state index in [1.807, 2.05) is 17.5 Å². The van der Waals surface area contributed by atoms with Gasteiger partial charge in [-0.15, -0.1) is 11.3 Å². The van der Waals surface area contributed by atoms with Crippen LogP contribution in [0.2, 0.25) is 0 Å². The van der Waals surface area contributed by atoms with Crippen LogP contribution in [0.3, 0.4) is 0 Å². The van der Waals surface area contributed by atoms with Crippen molar-refractivity contribution in [2.75, 3.05) is 5.32 Å². The lowest BCUT2D eigenvalue weighted by atomic mass is 10.2. The number of benzene rings is 1. The first-order valence-electron chi connectivity index (χ1n) is 5.03. The van der Waals surface area contributed by atoms with Crippen LogP contribution in [0.4, 0.5) is 14.5 Å². The Morgan fingerprint density at radius 1 is 1.39 bits per heavy atom. The average Bonchev–Trinajstić information content (AvgIpc) is 2.76. The van der Waals surface area contributed by atoms with Crippen LogP contribution < -0.4 is 5.32 Å². The largest absolute Gasteiger partial charge is 0.322 e. The van der Waals surface area contributed by atoms with Crippen LogP contribution in [0.15, 0.2) is 34.1 Å². The van der Waals surface area contributed by atoms with Crippen LogP contribution in [-0.2, 0) is 11.2 Å². The minimum absolute atomic E-state index is 0.0436. The second-order valence-corrected chi connectivity index (χ2v) is 5.44. The van der Waals surface area contributed by atoms with Gasteiger partial charge in [0.25, 0.3) is 0 Å². The number of anilines is 1. The predicted octanol–water partition coefficient (Wildman–Crippen LogP) is 3.97. The first kappa shape index (κ1) is 13.2. The molecule has 1 aromatic heterocycles. The fourth-order valence-corrected chi connectivity index (χ4v) is 2.63. The van der Waals surface area contributed by atoms with Crippen molar-refractivity contribution in [1.82, 2.24) is 0 Å². The van der Waals surface area contributed by atoms with E-state index >= 15 is 0 Å². The lowest BCUT2D eigenvalue weighted by Crippen LogP contribution is -2.15. The molecule has 0 saturated heterocycles. The number of rotatable bonds is 3. The number of hydrogen-bond acceptors (Lipinski definition) is 2. The maximum atomic E-state index is 13.5. The molecule has 18 heavy (non-hydrogen) atoms. The molecule has 0 aliphatic carbocycles. The predicted molar refractivity (Wildman–Crippen MR) is 70.7 cm³/mol. The minimum atomic E-state index is -0.804. The van der Waals surface area contributed by atoms with Gasteiger partial charge in [0.15, 0.2) is 5.82 Å². The van der Waals surface area contributed by atoms with Crippen LogP contribution in [0, 0.1) is 11.6 Å². The van der Waals surface area contributed by atoms with E-state index in [9.17, 15) is 13.6 Å². The molecule has 2 nitrogen and oxygen atoms in total. The third-order valence-electron chi connectivity index (χ3n) is 2.19. The Hall–Kier alpha value is -1.27. The Morgan fingerprint density at radius 2 is 2.17 bits per heavy atom. The molecule has 0 bridgehead atoms. The Morgan fingerprint density at radius 3 is 2.78 bits per heavy atom. The molecule has 1 N–H and O–H groups in total. The van der Waals surface area contributed by atoms with E-state index in [1.54, 1.807) is 0 Å². The SMILES string of the molecule is O=C(Cc1cccs1)Nc1c(F)cc(F)cc1Br. The zero-order valence-electron chi connectivity index (χ0n) is 9.04. The number of halogens is 3. The van der Waals surface area contributed by atoms with E-state index in [2.05, 4.69) is 21.2 Å². The number of amides is 1. The van der Waals surface area contributed by atoms with Gasteiger partial charge in [-0.25, -0.2) is 8.78 Å². The van der Waals surface area contributed by atoms with E-state index in [4.69, 9.17) is 0 Å². The summed E-state index contributed by atoms with van der Waals surface area (Å²) in [7, 11) is 0. The molecule has 1 heterocycles. The lowest BCUT2D eigenvalue weighted by molar-refractivity contribution is -0.115. The van der Waals surface area contributed by atoms with E-state index in [0.717, 1.165) is 17.0 Å². The highest BCUT2D eigenvalue weighted by Gasteiger charge is 2.13. The molecule has 2 aromatic rings. The van der Waals surface area contributed by atoms with Gasteiger partial charge in [0, 0.05) is 15.4 Å². The van der Waals surface area contributed by atoms with Crippen molar-refractivity contribution < 1.29 is 13.6 Å². The fourth-order valence-electron chi connectivity index (χ4n) is 1.42. The number of carbonyl (C=O) groups is 1. The first-order chi connectivity index (χ1) is 8.56.